The second-order valence-electron chi connectivity index (χ2n) is 9.26. The third kappa shape index (κ3) is 7.82. The van der Waals surface area contributed by atoms with Gasteiger partial charge in [0.1, 0.15) is 12.7 Å². The van der Waals surface area contributed by atoms with Crippen LogP contribution < -0.4 is 5.32 Å². The molecule has 0 amide bonds. The quantitative estimate of drug-likeness (QED) is 0.206. The van der Waals surface area contributed by atoms with Crippen molar-refractivity contribution in [3.8, 4) is 0 Å². The lowest BCUT2D eigenvalue weighted by molar-refractivity contribution is -0.255. The number of hydrogen-bond acceptors (Lipinski definition) is 13. The van der Waals surface area contributed by atoms with Gasteiger partial charge in [0.05, 0.1) is 5.71 Å². The Morgan fingerprint density at radius 1 is 0.919 bits per heavy atom. The van der Waals surface area contributed by atoms with Gasteiger partial charge in [-0.2, -0.15) is 0 Å². The molecular formula is C23H33N3O10S. The van der Waals surface area contributed by atoms with Crippen LogP contribution in [0, 0.1) is 0 Å². The summed E-state index contributed by atoms with van der Waals surface area (Å²) in [6, 6.07) is 0.838. The molecule has 3 heterocycles. The molecule has 0 spiro atoms. The van der Waals surface area contributed by atoms with Gasteiger partial charge in [0.25, 0.3) is 5.17 Å². The van der Waals surface area contributed by atoms with Crippen molar-refractivity contribution in [1.29, 1.82) is 0 Å². The molecule has 0 aromatic heterocycles. The summed E-state index contributed by atoms with van der Waals surface area (Å²) < 4.78 is 27.1. The first-order chi connectivity index (χ1) is 17.4. The van der Waals surface area contributed by atoms with Crippen molar-refractivity contribution in [1.82, 2.24) is 10.2 Å². The predicted molar refractivity (Wildman–Crippen MR) is 130 cm³/mol. The van der Waals surface area contributed by atoms with Crippen LogP contribution in [-0.2, 0) is 47.7 Å². The van der Waals surface area contributed by atoms with Gasteiger partial charge in [-0.05, 0) is 32.1 Å². The highest BCUT2D eigenvalue weighted by Crippen LogP contribution is 2.33. The van der Waals surface area contributed by atoms with E-state index in [1.807, 2.05) is 0 Å². The standard InChI is InChI=1S/C23H33N3O10S/c1-11(27)31-10-18-19(32-12(2)28)20(33-13(3)29)21(34-14(4)30)22(35-18)24-23(37)36-25-15-8-16-6-7-17(9-15)26(16)5/h16-22H,6-10H2,1-5H3,(H,24,37). The van der Waals surface area contributed by atoms with Crippen LogP contribution in [0.3, 0.4) is 0 Å². The Morgan fingerprint density at radius 3 is 2.00 bits per heavy atom. The first-order valence-electron chi connectivity index (χ1n) is 12.0. The average molecular weight is 544 g/mol. The average Bonchev–Trinajstić information content (AvgIpc) is 3.00. The number of ether oxygens (including phenoxy) is 5. The van der Waals surface area contributed by atoms with Crippen molar-refractivity contribution in [2.75, 3.05) is 13.7 Å². The first-order valence-corrected chi connectivity index (χ1v) is 12.4. The minimum Gasteiger partial charge on any atom is -0.463 e. The molecule has 206 valence electrons. The smallest absolute Gasteiger partial charge is 0.303 e. The summed E-state index contributed by atoms with van der Waals surface area (Å²) >= 11 is 5.29. The van der Waals surface area contributed by atoms with E-state index in [2.05, 4.69) is 22.4 Å². The van der Waals surface area contributed by atoms with Crippen molar-refractivity contribution >= 4 is 47.0 Å². The fourth-order valence-electron chi connectivity index (χ4n) is 4.88. The lowest BCUT2D eigenvalue weighted by Crippen LogP contribution is -2.66. The maximum absolute atomic E-state index is 11.9. The van der Waals surface area contributed by atoms with Crippen molar-refractivity contribution in [2.45, 2.75) is 96.1 Å². The van der Waals surface area contributed by atoms with Crippen LogP contribution in [0.5, 0.6) is 0 Å². The molecule has 7 atom stereocenters. The number of carbonyl (C=O) groups excluding carboxylic acids is 4. The molecule has 3 rings (SSSR count). The summed E-state index contributed by atoms with van der Waals surface area (Å²) in [7, 11) is 2.11. The molecule has 7 unspecified atom stereocenters. The van der Waals surface area contributed by atoms with Crippen LogP contribution in [0.1, 0.15) is 53.4 Å². The Labute approximate surface area is 220 Å². The monoisotopic (exact) mass is 543 g/mol. The van der Waals surface area contributed by atoms with Gasteiger partial charge in [-0.3, -0.25) is 24.1 Å². The minimum atomic E-state index is -1.31. The lowest BCUT2D eigenvalue weighted by Gasteiger charge is -2.44. The Balaban J connectivity index is 1.79. The van der Waals surface area contributed by atoms with Gasteiger partial charge < -0.3 is 33.8 Å². The molecule has 3 saturated heterocycles. The molecule has 0 aromatic rings. The summed E-state index contributed by atoms with van der Waals surface area (Å²) in [5, 5.41) is 6.80. The highest BCUT2D eigenvalue weighted by atomic mass is 32.1. The molecule has 2 bridgehead atoms. The van der Waals surface area contributed by atoms with E-state index >= 15 is 0 Å². The number of carbonyl (C=O) groups is 4. The van der Waals surface area contributed by atoms with E-state index in [1.165, 1.54) is 6.92 Å². The van der Waals surface area contributed by atoms with Gasteiger partial charge in [0, 0.05) is 52.6 Å². The number of piperidine rings is 1. The summed E-state index contributed by atoms with van der Waals surface area (Å²) in [5.41, 5.74) is 0.885. The fourth-order valence-corrected chi connectivity index (χ4v) is 5.03. The van der Waals surface area contributed by atoms with E-state index in [-0.39, 0.29) is 11.8 Å². The SMILES string of the molecule is CC(=O)OCC1OC(NC(=S)ON=C2CC3CCC(C2)N3C)C(OC(C)=O)C(OC(C)=O)C1OC(C)=O. The van der Waals surface area contributed by atoms with Gasteiger partial charge in [0.2, 0.25) is 0 Å². The summed E-state index contributed by atoms with van der Waals surface area (Å²) in [5.74, 6) is -2.77. The molecule has 3 aliphatic heterocycles. The molecular weight excluding hydrogens is 510 g/mol. The number of rotatable bonds is 7. The Morgan fingerprint density at radius 2 is 1.46 bits per heavy atom. The van der Waals surface area contributed by atoms with E-state index in [4.69, 9.17) is 40.7 Å². The van der Waals surface area contributed by atoms with Gasteiger partial charge in [-0.25, -0.2) is 0 Å². The molecule has 0 saturated carbocycles. The topological polar surface area (TPSA) is 151 Å². The Hall–Kier alpha value is -2.84. The van der Waals surface area contributed by atoms with Gasteiger partial charge in [0.15, 0.2) is 24.5 Å². The Kier molecular flexibility index (Phi) is 9.79. The number of fused-ring (bicyclic) bond motifs is 2. The molecule has 14 heteroatoms. The fraction of sp³-hybridized carbons (Fsp3) is 0.739. The van der Waals surface area contributed by atoms with Crippen molar-refractivity contribution < 1.29 is 47.7 Å². The zero-order valence-electron chi connectivity index (χ0n) is 21.5. The van der Waals surface area contributed by atoms with Crippen molar-refractivity contribution in [2.24, 2.45) is 5.16 Å². The second-order valence-corrected chi connectivity index (χ2v) is 9.63. The van der Waals surface area contributed by atoms with Crippen LogP contribution in [0.4, 0.5) is 0 Å². The largest absolute Gasteiger partial charge is 0.463 e. The number of nitrogens with one attached hydrogen (secondary N) is 1. The third-order valence-corrected chi connectivity index (χ3v) is 6.63. The zero-order chi connectivity index (χ0) is 27.3. The van der Waals surface area contributed by atoms with E-state index < -0.39 is 54.5 Å². The van der Waals surface area contributed by atoms with Crippen LogP contribution >= 0.6 is 12.2 Å². The molecule has 13 nitrogen and oxygen atoms in total. The molecule has 0 aromatic carbocycles. The van der Waals surface area contributed by atoms with Crippen molar-refractivity contribution in [3.05, 3.63) is 0 Å². The normalized spacial score (nSPS) is 31.1. The van der Waals surface area contributed by atoms with Crippen LogP contribution in [0.2, 0.25) is 0 Å². The van der Waals surface area contributed by atoms with E-state index in [0.717, 1.165) is 52.2 Å². The van der Waals surface area contributed by atoms with Crippen LogP contribution in [0.25, 0.3) is 0 Å². The molecule has 1 N–H and O–H groups in total. The summed E-state index contributed by atoms with van der Waals surface area (Å²) in [6.45, 7) is 4.30. The summed E-state index contributed by atoms with van der Waals surface area (Å²) in [6.07, 6.45) is -2.43. The molecule has 0 aliphatic carbocycles. The van der Waals surface area contributed by atoms with Gasteiger partial charge in [-0.1, -0.05) is 5.16 Å². The number of hydrogen-bond donors (Lipinski definition) is 1. The minimum absolute atomic E-state index is 0.181. The first kappa shape index (κ1) is 28.7. The molecule has 3 fully saturated rings. The highest BCUT2D eigenvalue weighted by molar-refractivity contribution is 7.80. The highest BCUT2D eigenvalue weighted by Gasteiger charge is 2.52. The molecule has 3 aliphatic rings. The number of oxime groups is 1. The maximum Gasteiger partial charge on any atom is 0.303 e. The predicted octanol–water partition coefficient (Wildman–Crippen LogP) is 0.573. The van der Waals surface area contributed by atoms with E-state index in [0.29, 0.717) is 12.1 Å². The van der Waals surface area contributed by atoms with E-state index in [1.54, 1.807) is 0 Å². The van der Waals surface area contributed by atoms with Gasteiger partial charge in [-0.15, -0.1) is 0 Å². The molecule has 0 radical (unpaired) electrons. The molecule has 37 heavy (non-hydrogen) atoms. The zero-order valence-corrected chi connectivity index (χ0v) is 22.3. The van der Waals surface area contributed by atoms with Crippen molar-refractivity contribution in [3.63, 3.8) is 0 Å². The third-order valence-electron chi connectivity index (χ3n) is 6.44. The van der Waals surface area contributed by atoms with Gasteiger partial charge >= 0.3 is 23.9 Å². The van der Waals surface area contributed by atoms with E-state index in [9.17, 15) is 19.2 Å². The Bertz CT molecular complexity index is 928. The summed E-state index contributed by atoms with van der Waals surface area (Å²) in [4.78, 5) is 54.9. The number of thiocarbonyl (C=S) groups is 1. The lowest BCUT2D eigenvalue weighted by atomic mass is 9.97. The maximum atomic E-state index is 11.9. The van der Waals surface area contributed by atoms with Crippen LogP contribution in [-0.4, -0.2) is 96.0 Å². The number of nitrogens with zero attached hydrogens (tertiary/aromatic N) is 2. The second kappa shape index (κ2) is 12.6. The van der Waals surface area contributed by atoms with Crippen LogP contribution in [0.15, 0.2) is 5.16 Å². The number of esters is 4.